The van der Waals surface area contributed by atoms with Gasteiger partial charge in [-0.1, -0.05) is 11.8 Å². The maximum atomic E-state index is 12.5. The Kier molecular flexibility index (Phi) is 5.79. The molecule has 2 heterocycles. The van der Waals surface area contributed by atoms with Gasteiger partial charge in [0.25, 0.3) is 0 Å². The predicted molar refractivity (Wildman–Crippen MR) is 96.9 cm³/mol. The van der Waals surface area contributed by atoms with Gasteiger partial charge in [0.15, 0.2) is 0 Å². The number of rotatable bonds is 4. The van der Waals surface area contributed by atoms with E-state index in [1.165, 1.54) is 6.07 Å². The summed E-state index contributed by atoms with van der Waals surface area (Å²) in [6.45, 7) is 2.50. The molecule has 1 fully saturated rings. The summed E-state index contributed by atoms with van der Waals surface area (Å²) in [5, 5.41) is 9.73. The number of alkyl halides is 3. The molecule has 1 aromatic heterocycles. The number of pyridine rings is 1. The van der Waals surface area contributed by atoms with Gasteiger partial charge in [-0.15, -0.1) is 0 Å². The highest BCUT2D eigenvalue weighted by molar-refractivity contribution is 7.99. The number of hydrogen-bond acceptors (Lipinski definition) is 5. The fourth-order valence-corrected chi connectivity index (χ4v) is 3.48. The summed E-state index contributed by atoms with van der Waals surface area (Å²) >= 11 is 1.13. The molecule has 5 nitrogen and oxygen atoms in total. The van der Waals surface area contributed by atoms with Crippen LogP contribution in [0.2, 0.25) is 0 Å². The summed E-state index contributed by atoms with van der Waals surface area (Å²) in [7, 11) is 0. The molecule has 9 heteroatoms. The number of piperazine rings is 1. The molecule has 1 aliphatic rings. The first-order chi connectivity index (χ1) is 12.8. The van der Waals surface area contributed by atoms with Crippen LogP contribution in [0.4, 0.5) is 18.9 Å². The molecule has 144 valence electrons. The third kappa shape index (κ3) is 5.06. The molecular formula is C18H18F3N3O2S. The highest BCUT2D eigenvalue weighted by atomic mass is 32.2. The van der Waals surface area contributed by atoms with Crippen molar-refractivity contribution in [2.45, 2.75) is 11.2 Å². The number of aromatic nitrogens is 1. The van der Waals surface area contributed by atoms with Crippen molar-refractivity contribution in [1.82, 2.24) is 9.88 Å². The first kappa shape index (κ1) is 19.3. The molecule has 0 radical (unpaired) electrons. The van der Waals surface area contributed by atoms with Crippen molar-refractivity contribution in [2.24, 2.45) is 0 Å². The number of halogens is 3. The molecule has 0 spiro atoms. The minimum atomic E-state index is -4.41. The van der Waals surface area contributed by atoms with Gasteiger partial charge in [0.2, 0.25) is 5.91 Å². The minimum Gasteiger partial charge on any atom is -0.508 e. The number of phenolic OH excluding ortho intramolecular Hbond substituents is 1. The second kappa shape index (κ2) is 8.08. The smallest absolute Gasteiger partial charge is 0.417 e. The zero-order valence-corrected chi connectivity index (χ0v) is 15.1. The van der Waals surface area contributed by atoms with Gasteiger partial charge in [0.05, 0.1) is 16.3 Å². The largest absolute Gasteiger partial charge is 0.508 e. The highest BCUT2D eigenvalue weighted by Crippen LogP contribution is 2.29. The first-order valence-corrected chi connectivity index (χ1v) is 9.29. The third-order valence-corrected chi connectivity index (χ3v) is 5.18. The molecule has 27 heavy (non-hydrogen) atoms. The van der Waals surface area contributed by atoms with Crippen LogP contribution < -0.4 is 4.90 Å². The monoisotopic (exact) mass is 397 g/mol. The summed E-state index contributed by atoms with van der Waals surface area (Å²) < 4.78 is 37.6. The van der Waals surface area contributed by atoms with E-state index in [0.29, 0.717) is 31.2 Å². The Bertz CT molecular complexity index is 774. The van der Waals surface area contributed by atoms with E-state index < -0.39 is 11.7 Å². The summed E-state index contributed by atoms with van der Waals surface area (Å²) in [4.78, 5) is 20.0. The molecular weight excluding hydrogens is 379 g/mol. The maximum Gasteiger partial charge on any atom is 0.417 e. The lowest BCUT2D eigenvalue weighted by atomic mass is 10.2. The quantitative estimate of drug-likeness (QED) is 0.803. The second-order valence-electron chi connectivity index (χ2n) is 6.06. The Balaban J connectivity index is 1.47. The number of carbonyl (C=O) groups excluding carboxylic acids is 1. The molecule has 1 amide bonds. The lowest BCUT2D eigenvalue weighted by molar-refractivity contribution is -0.138. The van der Waals surface area contributed by atoms with E-state index in [1.54, 1.807) is 17.0 Å². The number of carbonyl (C=O) groups is 1. The van der Waals surface area contributed by atoms with Gasteiger partial charge in [-0.05, 0) is 36.4 Å². The molecule has 2 aromatic rings. The molecule has 0 bridgehead atoms. The van der Waals surface area contributed by atoms with Crippen LogP contribution in [-0.2, 0) is 11.0 Å². The second-order valence-corrected chi connectivity index (χ2v) is 7.05. The zero-order chi connectivity index (χ0) is 19.4. The van der Waals surface area contributed by atoms with Crippen LogP contribution in [0.25, 0.3) is 0 Å². The first-order valence-electron chi connectivity index (χ1n) is 8.31. The van der Waals surface area contributed by atoms with Crippen LogP contribution in [0, 0.1) is 0 Å². The van der Waals surface area contributed by atoms with Gasteiger partial charge in [-0.3, -0.25) is 4.79 Å². The summed E-state index contributed by atoms with van der Waals surface area (Å²) in [6.07, 6.45) is -3.63. The Morgan fingerprint density at radius 3 is 2.30 bits per heavy atom. The number of aromatic hydroxyl groups is 1. The van der Waals surface area contributed by atoms with Crippen molar-refractivity contribution in [3.63, 3.8) is 0 Å². The van der Waals surface area contributed by atoms with Crippen molar-refractivity contribution in [1.29, 1.82) is 0 Å². The number of phenols is 1. The Morgan fingerprint density at radius 1 is 1.07 bits per heavy atom. The average molecular weight is 397 g/mol. The van der Waals surface area contributed by atoms with Gasteiger partial charge in [0.1, 0.15) is 5.75 Å². The normalized spacial score (nSPS) is 15.1. The van der Waals surface area contributed by atoms with Crippen LogP contribution >= 0.6 is 11.8 Å². The molecule has 0 aliphatic carbocycles. The molecule has 1 aliphatic heterocycles. The van der Waals surface area contributed by atoms with Crippen LogP contribution in [0.3, 0.4) is 0 Å². The van der Waals surface area contributed by atoms with Gasteiger partial charge in [-0.2, -0.15) is 13.2 Å². The van der Waals surface area contributed by atoms with E-state index in [1.807, 2.05) is 12.1 Å². The SMILES string of the molecule is O=C(CSc1ccc(C(F)(F)F)cn1)N1CCN(c2ccc(O)cc2)CC1. The van der Waals surface area contributed by atoms with E-state index >= 15 is 0 Å². The van der Waals surface area contributed by atoms with Gasteiger partial charge < -0.3 is 14.9 Å². The lowest BCUT2D eigenvalue weighted by Crippen LogP contribution is -2.49. The molecule has 1 N–H and O–H groups in total. The Morgan fingerprint density at radius 2 is 1.74 bits per heavy atom. The molecule has 1 aromatic carbocycles. The zero-order valence-electron chi connectivity index (χ0n) is 14.3. The van der Waals surface area contributed by atoms with E-state index in [9.17, 15) is 23.1 Å². The molecule has 0 unspecified atom stereocenters. The number of anilines is 1. The summed E-state index contributed by atoms with van der Waals surface area (Å²) in [6, 6.07) is 9.17. The van der Waals surface area contributed by atoms with E-state index in [4.69, 9.17) is 0 Å². The topological polar surface area (TPSA) is 56.7 Å². The van der Waals surface area contributed by atoms with E-state index in [-0.39, 0.29) is 17.4 Å². The fourth-order valence-electron chi connectivity index (χ4n) is 2.74. The molecule has 1 saturated heterocycles. The van der Waals surface area contributed by atoms with E-state index in [0.717, 1.165) is 29.7 Å². The minimum absolute atomic E-state index is 0.0629. The Hall–Kier alpha value is -2.42. The summed E-state index contributed by atoms with van der Waals surface area (Å²) in [5.74, 6) is 0.283. The van der Waals surface area contributed by atoms with Crippen LogP contribution in [0.5, 0.6) is 5.75 Å². The number of thioether (sulfide) groups is 1. The lowest BCUT2D eigenvalue weighted by Gasteiger charge is -2.36. The predicted octanol–water partition coefficient (Wildman–Crippen LogP) is 3.25. The third-order valence-electron chi connectivity index (χ3n) is 4.25. The number of nitrogens with zero attached hydrogens (tertiary/aromatic N) is 3. The number of amides is 1. The van der Waals surface area contributed by atoms with Gasteiger partial charge in [-0.25, -0.2) is 4.98 Å². The molecule has 0 atom stereocenters. The number of hydrogen-bond donors (Lipinski definition) is 1. The molecule has 3 rings (SSSR count). The van der Waals surface area contributed by atoms with E-state index in [2.05, 4.69) is 9.88 Å². The molecule has 0 saturated carbocycles. The van der Waals surface area contributed by atoms with Gasteiger partial charge >= 0.3 is 6.18 Å². The number of benzene rings is 1. The average Bonchev–Trinajstić information content (AvgIpc) is 2.66. The fraction of sp³-hybridized carbons (Fsp3) is 0.333. The Labute approximate surface area is 158 Å². The summed E-state index contributed by atoms with van der Waals surface area (Å²) in [5.41, 5.74) is 0.187. The van der Waals surface area contributed by atoms with Crippen molar-refractivity contribution >= 4 is 23.4 Å². The standard InChI is InChI=1S/C18H18F3N3O2S/c19-18(20,21)13-1-6-16(22-11-13)27-12-17(26)24-9-7-23(8-10-24)14-2-4-15(25)5-3-14/h1-6,11,25H,7-10,12H2. The van der Waals surface area contributed by atoms with Crippen molar-refractivity contribution < 1.29 is 23.1 Å². The van der Waals surface area contributed by atoms with Crippen LogP contribution in [0.1, 0.15) is 5.56 Å². The van der Waals surface area contributed by atoms with Gasteiger partial charge in [0, 0.05) is 38.1 Å². The van der Waals surface area contributed by atoms with Crippen LogP contribution in [-0.4, -0.2) is 52.8 Å². The van der Waals surface area contributed by atoms with Crippen molar-refractivity contribution in [2.75, 3.05) is 36.8 Å². The highest BCUT2D eigenvalue weighted by Gasteiger charge is 2.30. The maximum absolute atomic E-state index is 12.5. The van der Waals surface area contributed by atoms with Crippen molar-refractivity contribution in [3.8, 4) is 5.75 Å². The van der Waals surface area contributed by atoms with Crippen LogP contribution in [0.15, 0.2) is 47.6 Å². The van der Waals surface area contributed by atoms with Crippen molar-refractivity contribution in [3.05, 3.63) is 48.2 Å².